The van der Waals surface area contributed by atoms with Gasteiger partial charge >= 0.3 is 0 Å². The molecule has 0 amide bonds. The van der Waals surface area contributed by atoms with Crippen molar-refractivity contribution < 1.29 is 0 Å². The summed E-state index contributed by atoms with van der Waals surface area (Å²) in [6, 6.07) is 33.7. The van der Waals surface area contributed by atoms with Crippen molar-refractivity contribution >= 4 is 10.8 Å². The molecular formula is C29H22. The summed E-state index contributed by atoms with van der Waals surface area (Å²) < 4.78 is 0. The first kappa shape index (κ1) is 16.6. The lowest BCUT2D eigenvalue weighted by Crippen LogP contribution is -2.35. The zero-order valence-corrected chi connectivity index (χ0v) is 16.3. The highest BCUT2D eigenvalue weighted by Gasteiger charge is 2.49. The quantitative estimate of drug-likeness (QED) is 0.347. The van der Waals surface area contributed by atoms with Crippen molar-refractivity contribution in [1.29, 1.82) is 0 Å². The molecule has 2 aliphatic rings. The summed E-state index contributed by atoms with van der Waals surface area (Å²) in [5.74, 6) is 0.387. The predicted octanol–water partition coefficient (Wildman–Crippen LogP) is 7.29. The number of hydrogen-bond acceptors (Lipinski definition) is 0. The molecule has 0 saturated heterocycles. The Morgan fingerprint density at radius 3 is 2.31 bits per heavy atom. The van der Waals surface area contributed by atoms with Crippen LogP contribution in [0.4, 0.5) is 0 Å². The molecule has 6 rings (SSSR count). The van der Waals surface area contributed by atoms with Crippen LogP contribution in [0.2, 0.25) is 0 Å². The molecule has 4 aromatic carbocycles. The molecule has 2 unspecified atom stereocenters. The second-order valence-corrected chi connectivity index (χ2v) is 8.08. The fraction of sp³-hybridized carbons (Fsp3) is 0.103. The molecule has 0 saturated carbocycles. The van der Waals surface area contributed by atoms with Gasteiger partial charge in [-0.05, 0) is 50.9 Å². The van der Waals surface area contributed by atoms with Gasteiger partial charge in [0.05, 0.1) is 5.41 Å². The molecule has 0 heteroatoms. The lowest BCUT2D eigenvalue weighted by atomic mass is 9.62. The van der Waals surface area contributed by atoms with Crippen molar-refractivity contribution in [2.24, 2.45) is 5.92 Å². The highest BCUT2D eigenvalue weighted by molar-refractivity contribution is 6.03. The highest BCUT2D eigenvalue weighted by Crippen LogP contribution is 2.59. The zero-order chi connectivity index (χ0) is 19.3. The van der Waals surface area contributed by atoms with E-state index in [0.29, 0.717) is 5.92 Å². The maximum atomic E-state index is 2.41. The maximum Gasteiger partial charge on any atom is 0.0529 e. The van der Waals surface area contributed by atoms with Crippen LogP contribution in [-0.4, -0.2) is 0 Å². The molecule has 0 radical (unpaired) electrons. The Labute approximate surface area is 171 Å². The molecule has 2 aliphatic carbocycles. The number of rotatable bonds is 2. The van der Waals surface area contributed by atoms with Gasteiger partial charge in [-0.15, -0.1) is 0 Å². The van der Waals surface area contributed by atoms with E-state index in [1.54, 1.807) is 0 Å². The maximum absolute atomic E-state index is 2.41. The van der Waals surface area contributed by atoms with Gasteiger partial charge in [0.1, 0.15) is 0 Å². The summed E-state index contributed by atoms with van der Waals surface area (Å²) in [4.78, 5) is 0. The van der Waals surface area contributed by atoms with Gasteiger partial charge in [0.2, 0.25) is 0 Å². The Hall–Kier alpha value is -3.38. The van der Waals surface area contributed by atoms with Crippen LogP contribution >= 0.6 is 0 Å². The third-order valence-corrected chi connectivity index (χ3v) is 6.74. The van der Waals surface area contributed by atoms with Crippen molar-refractivity contribution in [3.05, 3.63) is 132 Å². The Kier molecular flexibility index (Phi) is 3.61. The molecule has 138 valence electrons. The first-order valence-corrected chi connectivity index (χ1v) is 10.4. The van der Waals surface area contributed by atoms with E-state index in [1.165, 1.54) is 38.6 Å². The minimum absolute atomic E-state index is 0.168. The summed E-state index contributed by atoms with van der Waals surface area (Å²) in [5, 5.41) is 2.66. The zero-order valence-electron chi connectivity index (χ0n) is 16.3. The van der Waals surface area contributed by atoms with Crippen LogP contribution in [0.3, 0.4) is 0 Å². The van der Waals surface area contributed by atoms with Gasteiger partial charge < -0.3 is 0 Å². The lowest BCUT2D eigenvalue weighted by Gasteiger charge is -2.39. The van der Waals surface area contributed by atoms with Crippen LogP contribution in [0.5, 0.6) is 0 Å². The van der Waals surface area contributed by atoms with E-state index in [9.17, 15) is 0 Å². The van der Waals surface area contributed by atoms with E-state index < -0.39 is 0 Å². The third kappa shape index (κ3) is 2.20. The Morgan fingerprint density at radius 1 is 0.655 bits per heavy atom. The fourth-order valence-corrected chi connectivity index (χ4v) is 5.61. The van der Waals surface area contributed by atoms with Crippen molar-refractivity contribution in [2.45, 2.75) is 11.8 Å². The Morgan fingerprint density at radius 2 is 1.45 bits per heavy atom. The summed E-state index contributed by atoms with van der Waals surface area (Å²) >= 11 is 0. The molecule has 0 aliphatic heterocycles. The van der Waals surface area contributed by atoms with Crippen molar-refractivity contribution in [1.82, 2.24) is 0 Å². The van der Waals surface area contributed by atoms with Crippen LogP contribution in [0.15, 0.2) is 115 Å². The van der Waals surface area contributed by atoms with E-state index in [0.717, 1.165) is 6.42 Å². The van der Waals surface area contributed by atoms with Gasteiger partial charge in [-0.2, -0.15) is 0 Å². The van der Waals surface area contributed by atoms with Gasteiger partial charge in [-0.3, -0.25) is 0 Å². The highest BCUT2D eigenvalue weighted by atomic mass is 14.5. The van der Waals surface area contributed by atoms with Crippen LogP contribution in [0, 0.1) is 5.92 Å². The lowest BCUT2D eigenvalue weighted by molar-refractivity contribution is 0.457. The molecule has 0 heterocycles. The van der Waals surface area contributed by atoms with Crippen LogP contribution in [0.25, 0.3) is 21.9 Å². The molecule has 2 atom stereocenters. The Balaban J connectivity index is 1.79. The summed E-state index contributed by atoms with van der Waals surface area (Å²) in [5.41, 5.74) is 6.87. The average molecular weight is 370 g/mol. The largest absolute Gasteiger partial charge is 0.0839 e. The minimum atomic E-state index is -0.168. The van der Waals surface area contributed by atoms with Crippen LogP contribution < -0.4 is 0 Å². The van der Waals surface area contributed by atoms with Crippen molar-refractivity contribution in [3.8, 4) is 11.1 Å². The topological polar surface area (TPSA) is 0 Å². The van der Waals surface area contributed by atoms with E-state index in [2.05, 4.69) is 115 Å². The van der Waals surface area contributed by atoms with Gasteiger partial charge in [0, 0.05) is 0 Å². The normalized spacial score (nSPS) is 21.9. The summed E-state index contributed by atoms with van der Waals surface area (Å²) in [6.07, 6.45) is 10.2. The number of hydrogen-bond donors (Lipinski definition) is 0. The van der Waals surface area contributed by atoms with E-state index in [-0.39, 0.29) is 5.41 Å². The van der Waals surface area contributed by atoms with E-state index in [4.69, 9.17) is 0 Å². The van der Waals surface area contributed by atoms with Gasteiger partial charge in [0.25, 0.3) is 0 Å². The smallest absolute Gasteiger partial charge is 0.0529 e. The molecule has 0 fully saturated rings. The van der Waals surface area contributed by atoms with Crippen molar-refractivity contribution in [2.75, 3.05) is 0 Å². The van der Waals surface area contributed by atoms with Gasteiger partial charge in [-0.25, -0.2) is 0 Å². The monoisotopic (exact) mass is 370 g/mol. The van der Waals surface area contributed by atoms with Gasteiger partial charge in [-0.1, -0.05) is 115 Å². The molecule has 0 bridgehead atoms. The third-order valence-electron chi connectivity index (χ3n) is 6.74. The van der Waals surface area contributed by atoms with E-state index in [1.807, 2.05) is 0 Å². The van der Waals surface area contributed by atoms with Crippen molar-refractivity contribution in [3.63, 3.8) is 0 Å². The predicted molar refractivity (Wildman–Crippen MR) is 122 cm³/mol. The molecule has 0 spiro atoms. The van der Waals surface area contributed by atoms with E-state index >= 15 is 0 Å². The minimum Gasteiger partial charge on any atom is -0.0839 e. The number of fused-ring (bicyclic) bond motifs is 5. The molecule has 0 aromatic heterocycles. The first-order chi connectivity index (χ1) is 14.4. The van der Waals surface area contributed by atoms with Gasteiger partial charge in [0.15, 0.2) is 0 Å². The summed E-state index contributed by atoms with van der Waals surface area (Å²) in [6.45, 7) is 0. The Bertz CT molecular complexity index is 1280. The van der Waals surface area contributed by atoms with Crippen LogP contribution in [0.1, 0.15) is 23.1 Å². The molecule has 29 heavy (non-hydrogen) atoms. The van der Waals surface area contributed by atoms with Crippen LogP contribution in [-0.2, 0) is 5.41 Å². The number of benzene rings is 4. The fourth-order valence-electron chi connectivity index (χ4n) is 5.61. The molecule has 0 N–H and O–H groups in total. The second kappa shape index (κ2) is 6.32. The molecular weight excluding hydrogens is 348 g/mol. The first-order valence-electron chi connectivity index (χ1n) is 10.4. The number of allylic oxidation sites excluding steroid dienone is 4. The summed E-state index contributed by atoms with van der Waals surface area (Å²) in [7, 11) is 0. The average Bonchev–Trinajstić information content (AvgIpc) is 3.12. The SMILES string of the molecule is C1=CCC(C2(c3ccccc3)c3ccccc3-c3c2ccc2ccccc32)C=C1. The molecule has 0 nitrogen and oxygen atoms in total. The molecule has 4 aromatic rings. The second-order valence-electron chi connectivity index (χ2n) is 8.08. The standard InChI is InChI=1S/C29H22/c1-3-12-22(13-4-1)29(23-14-5-2-6-15-23)26-18-10-9-17-25(26)28-24-16-8-7-11-21(24)19-20-27(28)29/h1-14,16-20,23H,15H2.